The molecule has 1 heterocycles. The van der Waals surface area contributed by atoms with Gasteiger partial charge in [0.25, 0.3) is 5.56 Å². The van der Waals surface area contributed by atoms with Gasteiger partial charge in [0.05, 0.1) is 11.3 Å². The smallest absolute Gasteiger partial charge is 0.337 e. The Labute approximate surface area is 115 Å². The summed E-state index contributed by atoms with van der Waals surface area (Å²) in [7, 11) is 0. The molecule has 0 amide bonds. The van der Waals surface area contributed by atoms with Gasteiger partial charge < -0.3 is 5.11 Å². The molecule has 0 unspecified atom stereocenters. The summed E-state index contributed by atoms with van der Waals surface area (Å²) in [5, 5.41) is 9.24. The van der Waals surface area contributed by atoms with Crippen molar-refractivity contribution in [3.8, 4) is 5.69 Å². The number of aromatic nitrogens is 1. The van der Waals surface area contributed by atoms with Crippen molar-refractivity contribution in [1.29, 1.82) is 0 Å². The summed E-state index contributed by atoms with van der Waals surface area (Å²) in [5.74, 6) is -1.55. The lowest BCUT2D eigenvalue weighted by atomic mass is 10.1. The highest BCUT2D eigenvalue weighted by atomic mass is 19.1. The fourth-order valence-corrected chi connectivity index (χ4v) is 2.35. The number of benzene rings is 1. The van der Waals surface area contributed by atoms with Crippen LogP contribution in [0, 0.1) is 26.6 Å². The number of pyridine rings is 1. The molecule has 0 aliphatic carbocycles. The number of carbonyl (C=O) groups is 1. The SMILES string of the molecule is Cc1cc(=O)n(-c2cccc(F)c2C)c(C)c1C(=O)O. The van der Waals surface area contributed by atoms with Crippen molar-refractivity contribution in [2.24, 2.45) is 0 Å². The standard InChI is InChI=1S/C15H14FNO3/c1-8-7-13(18)17(10(3)14(8)15(19)20)12-6-4-5-11(16)9(12)2/h4-7H,1-3H3,(H,19,20). The van der Waals surface area contributed by atoms with Crippen molar-refractivity contribution in [3.05, 3.63) is 62.8 Å². The molecule has 0 aliphatic rings. The molecule has 0 fully saturated rings. The van der Waals surface area contributed by atoms with Gasteiger partial charge in [0.2, 0.25) is 0 Å². The first-order valence-corrected chi connectivity index (χ1v) is 6.06. The zero-order valence-corrected chi connectivity index (χ0v) is 11.4. The van der Waals surface area contributed by atoms with Gasteiger partial charge in [-0.1, -0.05) is 6.07 Å². The first-order valence-electron chi connectivity index (χ1n) is 6.06. The van der Waals surface area contributed by atoms with Crippen LogP contribution in [0.2, 0.25) is 0 Å². The largest absolute Gasteiger partial charge is 0.478 e. The van der Waals surface area contributed by atoms with E-state index < -0.39 is 11.8 Å². The molecular formula is C15H14FNO3. The number of aryl methyl sites for hydroxylation is 1. The second kappa shape index (κ2) is 4.92. The molecule has 0 atom stereocenters. The summed E-state index contributed by atoms with van der Waals surface area (Å²) in [6.45, 7) is 4.67. The van der Waals surface area contributed by atoms with Crippen molar-refractivity contribution in [1.82, 2.24) is 4.57 Å². The van der Waals surface area contributed by atoms with Crippen LogP contribution in [-0.4, -0.2) is 15.6 Å². The third-order valence-electron chi connectivity index (χ3n) is 3.35. The predicted molar refractivity (Wildman–Crippen MR) is 73.2 cm³/mol. The number of hydrogen-bond acceptors (Lipinski definition) is 2. The third-order valence-corrected chi connectivity index (χ3v) is 3.35. The van der Waals surface area contributed by atoms with Crippen LogP contribution in [-0.2, 0) is 0 Å². The van der Waals surface area contributed by atoms with E-state index in [1.165, 1.54) is 22.8 Å². The Morgan fingerprint density at radius 3 is 2.50 bits per heavy atom. The summed E-state index contributed by atoms with van der Waals surface area (Å²) < 4.78 is 14.9. The van der Waals surface area contributed by atoms with E-state index >= 15 is 0 Å². The minimum atomic E-state index is -1.11. The lowest BCUT2D eigenvalue weighted by Gasteiger charge is -2.16. The molecule has 2 rings (SSSR count). The zero-order chi connectivity index (χ0) is 15.0. The minimum Gasteiger partial charge on any atom is -0.478 e. The number of aromatic carboxylic acids is 1. The van der Waals surface area contributed by atoms with E-state index in [2.05, 4.69) is 0 Å². The topological polar surface area (TPSA) is 59.3 Å². The third kappa shape index (κ3) is 2.11. The highest BCUT2D eigenvalue weighted by Gasteiger charge is 2.18. The van der Waals surface area contributed by atoms with E-state index in [9.17, 15) is 19.1 Å². The Morgan fingerprint density at radius 2 is 1.90 bits per heavy atom. The van der Waals surface area contributed by atoms with E-state index in [4.69, 9.17) is 0 Å². The van der Waals surface area contributed by atoms with Gasteiger partial charge in [-0.15, -0.1) is 0 Å². The molecule has 1 N–H and O–H groups in total. The monoisotopic (exact) mass is 275 g/mol. The Balaban J connectivity index is 2.88. The number of hydrogen-bond donors (Lipinski definition) is 1. The molecule has 1 aromatic heterocycles. The van der Waals surface area contributed by atoms with E-state index in [1.807, 2.05) is 0 Å². The molecule has 0 saturated carbocycles. The van der Waals surface area contributed by atoms with Crippen molar-refractivity contribution in [3.63, 3.8) is 0 Å². The van der Waals surface area contributed by atoms with Crippen LogP contribution in [0.1, 0.15) is 27.2 Å². The van der Waals surface area contributed by atoms with Gasteiger partial charge in [-0.2, -0.15) is 0 Å². The molecule has 0 bridgehead atoms. The summed E-state index contributed by atoms with van der Waals surface area (Å²) in [4.78, 5) is 23.4. The maximum absolute atomic E-state index is 13.6. The van der Waals surface area contributed by atoms with Gasteiger partial charge in [0, 0.05) is 17.3 Å². The Morgan fingerprint density at radius 1 is 1.25 bits per heavy atom. The average molecular weight is 275 g/mol. The predicted octanol–water partition coefficient (Wildman–Crippen LogP) is 2.60. The van der Waals surface area contributed by atoms with Crippen LogP contribution in [0.4, 0.5) is 4.39 Å². The molecule has 1 aromatic carbocycles. The Hall–Kier alpha value is -2.43. The van der Waals surface area contributed by atoms with E-state index in [0.29, 0.717) is 16.8 Å². The zero-order valence-electron chi connectivity index (χ0n) is 11.4. The lowest BCUT2D eigenvalue weighted by Crippen LogP contribution is -2.24. The molecule has 0 saturated heterocycles. The molecule has 20 heavy (non-hydrogen) atoms. The average Bonchev–Trinajstić information content (AvgIpc) is 2.33. The maximum Gasteiger partial charge on any atom is 0.337 e. The molecule has 5 heteroatoms. The van der Waals surface area contributed by atoms with Crippen LogP contribution < -0.4 is 5.56 Å². The molecule has 0 spiro atoms. The van der Waals surface area contributed by atoms with Gasteiger partial charge in [0.1, 0.15) is 5.82 Å². The van der Waals surface area contributed by atoms with E-state index in [1.54, 1.807) is 26.8 Å². The summed E-state index contributed by atoms with van der Waals surface area (Å²) in [5.41, 5.74) is 1.03. The first kappa shape index (κ1) is 14.0. The fraction of sp³-hybridized carbons (Fsp3) is 0.200. The van der Waals surface area contributed by atoms with E-state index in [0.717, 1.165) is 0 Å². The minimum absolute atomic E-state index is 0.0632. The van der Waals surface area contributed by atoms with Crippen molar-refractivity contribution in [2.45, 2.75) is 20.8 Å². The van der Waals surface area contributed by atoms with Gasteiger partial charge in [-0.3, -0.25) is 9.36 Å². The molecule has 4 nitrogen and oxygen atoms in total. The number of nitrogens with zero attached hydrogens (tertiary/aromatic N) is 1. The summed E-state index contributed by atoms with van der Waals surface area (Å²) >= 11 is 0. The van der Waals surface area contributed by atoms with Gasteiger partial charge in [-0.25, -0.2) is 9.18 Å². The van der Waals surface area contributed by atoms with Crippen LogP contribution in [0.15, 0.2) is 29.1 Å². The van der Waals surface area contributed by atoms with Gasteiger partial charge in [-0.05, 0) is 38.5 Å². The number of halogens is 1. The summed E-state index contributed by atoms with van der Waals surface area (Å²) in [6, 6.07) is 5.63. The molecular weight excluding hydrogens is 261 g/mol. The second-order valence-electron chi connectivity index (χ2n) is 4.65. The molecule has 104 valence electrons. The van der Waals surface area contributed by atoms with E-state index in [-0.39, 0.29) is 16.8 Å². The first-order chi connectivity index (χ1) is 9.34. The van der Waals surface area contributed by atoms with Crippen LogP contribution >= 0.6 is 0 Å². The quantitative estimate of drug-likeness (QED) is 0.916. The molecule has 0 radical (unpaired) electrons. The van der Waals surface area contributed by atoms with Crippen LogP contribution in [0.5, 0.6) is 0 Å². The van der Waals surface area contributed by atoms with Crippen molar-refractivity contribution >= 4 is 5.97 Å². The fourth-order valence-electron chi connectivity index (χ4n) is 2.35. The van der Waals surface area contributed by atoms with Crippen molar-refractivity contribution < 1.29 is 14.3 Å². The molecule has 0 aliphatic heterocycles. The lowest BCUT2D eigenvalue weighted by molar-refractivity contribution is 0.0694. The van der Waals surface area contributed by atoms with Crippen molar-refractivity contribution in [2.75, 3.05) is 0 Å². The Kier molecular flexibility index (Phi) is 3.44. The van der Waals surface area contributed by atoms with Gasteiger partial charge in [0.15, 0.2) is 0 Å². The number of rotatable bonds is 2. The van der Waals surface area contributed by atoms with Crippen LogP contribution in [0.3, 0.4) is 0 Å². The second-order valence-corrected chi connectivity index (χ2v) is 4.65. The number of carboxylic acid groups (broad SMARTS) is 1. The van der Waals surface area contributed by atoms with Gasteiger partial charge >= 0.3 is 5.97 Å². The highest BCUT2D eigenvalue weighted by Crippen LogP contribution is 2.20. The molecule has 2 aromatic rings. The maximum atomic E-state index is 13.6. The summed E-state index contributed by atoms with van der Waals surface area (Å²) in [6.07, 6.45) is 0. The highest BCUT2D eigenvalue weighted by molar-refractivity contribution is 5.90. The Bertz CT molecular complexity index is 762. The number of carboxylic acids is 1. The van der Waals surface area contributed by atoms with Crippen LogP contribution in [0.25, 0.3) is 5.69 Å². The normalized spacial score (nSPS) is 10.6.